The van der Waals surface area contributed by atoms with Crippen LogP contribution in [-0.2, 0) is 11.2 Å². The predicted octanol–water partition coefficient (Wildman–Crippen LogP) is 1.43. The lowest BCUT2D eigenvalue weighted by Crippen LogP contribution is -2.48. The number of nitrogens with one attached hydrogen (secondary N) is 3. The van der Waals surface area contributed by atoms with Gasteiger partial charge in [0.15, 0.2) is 5.96 Å². The number of nitrogens with zero attached hydrogens (tertiary/aromatic N) is 3. The minimum atomic E-state index is 0.173. The van der Waals surface area contributed by atoms with Gasteiger partial charge >= 0.3 is 0 Å². The van der Waals surface area contributed by atoms with E-state index in [4.69, 9.17) is 4.99 Å². The van der Waals surface area contributed by atoms with Gasteiger partial charge < -0.3 is 20.5 Å². The molecule has 1 fully saturated rings. The average molecular weight is 385 g/mol. The van der Waals surface area contributed by atoms with Gasteiger partial charge in [0.05, 0.1) is 6.54 Å². The summed E-state index contributed by atoms with van der Waals surface area (Å²) in [5, 5.41) is 8.04. The second-order valence-electron chi connectivity index (χ2n) is 7.14. The molecule has 0 saturated carbocycles. The third-order valence-electron chi connectivity index (χ3n) is 5.21. The van der Waals surface area contributed by atoms with E-state index in [1.807, 2.05) is 4.90 Å². The lowest BCUT2D eigenvalue weighted by atomic mass is 10.1. The number of fused-ring (bicyclic) bond motifs is 1. The second kappa shape index (κ2) is 10.1. The highest BCUT2D eigenvalue weighted by molar-refractivity contribution is 5.83. The Morgan fingerprint density at radius 1 is 1.18 bits per heavy atom. The number of amides is 1. The van der Waals surface area contributed by atoms with Crippen LogP contribution in [-0.4, -0.2) is 79.0 Å². The van der Waals surface area contributed by atoms with Gasteiger partial charge in [-0.3, -0.25) is 14.7 Å². The average Bonchev–Trinajstić information content (AvgIpc) is 3.11. The molecule has 1 aliphatic rings. The number of carbonyl (C=O) groups is 1. The first-order valence-electron chi connectivity index (χ1n) is 10.2. The van der Waals surface area contributed by atoms with Crippen molar-refractivity contribution in [2.45, 2.75) is 20.3 Å². The molecular weight excluding hydrogens is 352 g/mol. The largest absolute Gasteiger partial charge is 0.361 e. The van der Waals surface area contributed by atoms with Crippen molar-refractivity contribution in [3.05, 3.63) is 36.0 Å². The van der Waals surface area contributed by atoms with Gasteiger partial charge in [0.25, 0.3) is 0 Å². The first-order valence-corrected chi connectivity index (χ1v) is 10.2. The number of benzene rings is 1. The van der Waals surface area contributed by atoms with Crippen LogP contribution in [0.25, 0.3) is 10.9 Å². The van der Waals surface area contributed by atoms with Crippen molar-refractivity contribution in [2.24, 2.45) is 4.99 Å². The van der Waals surface area contributed by atoms with Gasteiger partial charge in [0.2, 0.25) is 5.91 Å². The Balaban J connectivity index is 1.43. The number of guanidine groups is 1. The number of aromatic nitrogens is 1. The van der Waals surface area contributed by atoms with Crippen LogP contribution < -0.4 is 10.6 Å². The van der Waals surface area contributed by atoms with Crippen LogP contribution in [0.1, 0.15) is 19.4 Å². The van der Waals surface area contributed by atoms with Crippen molar-refractivity contribution in [3.8, 4) is 0 Å². The van der Waals surface area contributed by atoms with Crippen LogP contribution in [0.2, 0.25) is 0 Å². The maximum Gasteiger partial charge on any atom is 0.219 e. The summed E-state index contributed by atoms with van der Waals surface area (Å²) in [5.74, 6) is 1.04. The summed E-state index contributed by atoms with van der Waals surface area (Å²) >= 11 is 0. The molecule has 1 amide bonds. The van der Waals surface area contributed by atoms with Crippen LogP contribution >= 0.6 is 0 Å². The fourth-order valence-corrected chi connectivity index (χ4v) is 3.59. The van der Waals surface area contributed by atoms with Crippen molar-refractivity contribution in [2.75, 3.05) is 52.4 Å². The van der Waals surface area contributed by atoms with E-state index in [0.29, 0.717) is 0 Å². The Hall–Kier alpha value is -2.54. The number of hydrogen-bond acceptors (Lipinski definition) is 3. The van der Waals surface area contributed by atoms with E-state index in [0.717, 1.165) is 64.7 Å². The molecule has 0 spiro atoms. The molecule has 28 heavy (non-hydrogen) atoms. The van der Waals surface area contributed by atoms with Gasteiger partial charge in [-0.05, 0) is 25.0 Å². The lowest BCUT2D eigenvalue weighted by Gasteiger charge is -2.33. The molecule has 2 aromatic rings. The van der Waals surface area contributed by atoms with E-state index in [2.05, 4.69) is 57.9 Å². The Morgan fingerprint density at radius 2 is 1.96 bits per heavy atom. The molecule has 2 heterocycles. The number of carbonyl (C=O) groups excluding carboxylic acids is 1. The number of H-pyrrole nitrogens is 1. The van der Waals surface area contributed by atoms with Crippen LogP contribution in [0, 0.1) is 0 Å². The van der Waals surface area contributed by atoms with Crippen molar-refractivity contribution in [1.82, 2.24) is 25.4 Å². The molecule has 0 atom stereocenters. The van der Waals surface area contributed by atoms with Crippen molar-refractivity contribution >= 4 is 22.8 Å². The summed E-state index contributed by atoms with van der Waals surface area (Å²) < 4.78 is 0. The zero-order valence-corrected chi connectivity index (χ0v) is 17.0. The number of piperazine rings is 1. The molecule has 0 unspecified atom stereocenters. The van der Waals surface area contributed by atoms with Crippen LogP contribution in [0.15, 0.2) is 35.5 Å². The van der Waals surface area contributed by atoms with E-state index in [1.54, 1.807) is 6.92 Å². The van der Waals surface area contributed by atoms with Crippen LogP contribution in [0.3, 0.4) is 0 Å². The van der Waals surface area contributed by atoms with Crippen molar-refractivity contribution in [1.29, 1.82) is 0 Å². The zero-order chi connectivity index (χ0) is 19.8. The van der Waals surface area contributed by atoms with Crippen LogP contribution in [0.5, 0.6) is 0 Å². The van der Waals surface area contributed by atoms with E-state index < -0.39 is 0 Å². The highest BCUT2D eigenvalue weighted by atomic mass is 16.2. The van der Waals surface area contributed by atoms with Gasteiger partial charge in [0.1, 0.15) is 0 Å². The fourth-order valence-electron chi connectivity index (χ4n) is 3.59. The third-order valence-corrected chi connectivity index (χ3v) is 5.21. The van der Waals surface area contributed by atoms with Crippen molar-refractivity contribution < 1.29 is 4.79 Å². The summed E-state index contributed by atoms with van der Waals surface area (Å²) in [5.41, 5.74) is 2.50. The Bertz CT molecular complexity index is 791. The summed E-state index contributed by atoms with van der Waals surface area (Å²) in [6, 6.07) is 8.39. The highest BCUT2D eigenvalue weighted by Gasteiger charge is 2.17. The molecule has 0 radical (unpaired) electrons. The molecule has 3 rings (SSSR count). The molecule has 152 valence electrons. The highest BCUT2D eigenvalue weighted by Crippen LogP contribution is 2.17. The number of aromatic amines is 1. The Kier molecular flexibility index (Phi) is 7.31. The quantitative estimate of drug-likeness (QED) is 0.499. The minimum absolute atomic E-state index is 0.173. The number of hydrogen-bond donors (Lipinski definition) is 3. The van der Waals surface area contributed by atoms with E-state index in [9.17, 15) is 4.79 Å². The molecule has 1 aromatic heterocycles. The normalized spacial score (nSPS) is 15.8. The summed E-state index contributed by atoms with van der Waals surface area (Å²) in [4.78, 5) is 23.7. The molecule has 1 aliphatic heterocycles. The summed E-state index contributed by atoms with van der Waals surface area (Å²) in [6.07, 6.45) is 3.04. The van der Waals surface area contributed by atoms with Crippen molar-refractivity contribution in [3.63, 3.8) is 0 Å². The molecule has 0 bridgehead atoms. The van der Waals surface area contributed by atoms with Gasteiger partial charge in [-0.15, -0.1) is 0 Å². The first-order chi connectivity index (χ1) is 13.7. The minimum Gasteiger partial charge on any atom is -0.361 e. The lowest BCUT2D eigenvalue weighted by molar-refractivity contribution is -0.130. The number of rotatable bonds is 7. The second-order valence-corrected chi connectivity index (χ2v) is 7.14. The standard InChI is InChI=1S/C21H32N6O/c1-3-22-21(24-10-11-26-12-14-27(15-13-26)17(2)28)23-9-8-18-16-25-20-7-5-4-6-19(18)20/h4-7,16,25H,3,8-15H2,1-2H3,(H2,22,23,24). The Morgan fingerprint density at radius 3 is 2.71 bits per heavy atom. The molecule has 1 aromatic carbocycles. The SMILES string of the molecule is CCNC(=NCCN1CCN(C(C)=O)CC1)NCCc1c[nH]c2ccccc12. The van der Waals surface area contributed by atoms with Gasteiger partial charge in [0, 0.05) is 69.8 Å². The topological polar surface area (TPSA) is 75.8 Å². The zero-order valence-electron chi connectivity index (χ0n) is 17.0. The molecule has 3 N–H and O–H groups in total. The van der Waals surface area contributed by atoms with Gasteiger partial charge in [-0.2, -0.15) is 0 Å². The number of para-hydroxylation sites is 1. The molecule has 7 nitrogen and oxygen atoms in total. The monoisotopic (exact) mass is 384 g/mol. The van der Waals surface area contributed by atoms with Gasteiger partial charge in [-0.25, -0.2) is 0 Å². The van der Waals surface area contributed by atoms with E-state index in [1.165, 1.54) is 16.5 Å². The maximum absolute atomic E-state index is 11.4. The fraction of sp³-hybridized carbons (Fsp3) is 0.524. The predicted molar refractivity (Wildman–Crippen MR) is 115 cm³/mol. The Labute approximate surface area is 167 Å². The van der Waals surface area contributed by atoms with Gasteiger partial charge in [-0.1, -0.05) is 18.2 Å². The molecule has 7 heteroatoms. The molecular formula is C21H32N6O. The number of aliphatic imine (C=N–C) groups is 1. The van der Waals surface area contributed by atoms with E-state index >= 15 is 0 Å². The van der Waals surface area contributed by atoms with E-state index in [-0.39, 0.29) is 5.91 Å². The third kappa shape index (κ3) is 5.48. The smallest absolute Gasteiger partial charge is 0.219 e. The molecule has 0 aliphatic carbocycles. The maximum atomic E-state index is 11.4. The molecule has 1 saturated heterocycles. The summed E-state index contributed by atoms with van der Waals surface area (Å²) in [6.45, 7) is 10.6. The first kappa shape index (κ1) is 20.2. The summed E-state index contributed by atoms with van der Waals surface area (Å²) in [7, 11) is 0. The van der Waals surface area contributed by atoms with Crippen LogP contribution in [0.4, 0.5) is 0 Å².